The fourth-order valence-electron chi connectivity index (χ4n) is 5.12. The predicted octanol–water partition coefficient (Wildman–Crippen LogP) is 4.14. The number of piperazine rings is 1. The van der Waals surface area contributed by atoms with Crippen molar-refractivity contribution >= 4 is 33.9 Å². The number of likely N-dealkylation sites (tertiary alicyclic amines) is 1. The van der Waals surface area contributed by atoms with Crippen LogP contribution in [0.15, 0.2) is 60.0 Å². The van der Waals surface area contributed by atoms with Gasteiger partial charge >= 0.3 is 0 Å². The van der Waals surface area contributed by atoms with Crippen molar-refractivity contribution in [3.8, 4) is 0 Å². The molecule has 0 spiro atoms. The number of hydrogen-bond acceptors (Lipinski definition) is 4. The van der Waals surface area contributed by atoms with Crippen LogP contribution in [0.4, 0.5) is 0 Å². The minimum Gasteiger partial charge on any atom is -0.340 e. The van der Waals surface area contributed by atoms with Gasteiger partial charge in [0.15, 0.2) is 0 Å². The molecule has 2 aliphatic heterocycles. The van der Waals surface area contributed by atoms with Gasteiger partial charge in [-0.25, -0.2) is 0 Å². The number of hydrogen-bond donors (Lipinski definition) is 0. The van der Waals surface area contributed by atoms with Crippen LogP contribution in [-0.4, -0.2) is 72.3 Å². The average molecular weight is 462 g/mol. The molecule has 2 fully saturated rings. The normalized spacial score (nSPS) is 19.7. The van der Waals surface area contributed by atoms with E-state index >= 15 is 0 Å². The Morgan fingerprint density at radius 3 is 2.52 bits per heavy atom. The summed E-state index contributed by atoms with van der Waals surface area (Å²) >= 11 is 1.81. The first-order valence-electron chi connectivity index (χ1n) is 12.0. The molecule has 0 aliphatic carbocycles. The first kappa shape index (κ1) is 22.1. The third kappa shape index (κ3) is 4.97. The summed E-state index contributed by atoms with van der Waals surface area (Å²) in [6.45, 7) is 5.75. The highest BCUT2D eigenvalue weighted by Gasteiger charge is 2.33. The van der Waals surface area contributed by atoms with Gasteiger partial charge in [0.25, 0.3) is 5.91 Å². The number of amides is 2. The molecule has 3 heterocycles. The van der Waals surface area contributed by atoms with Gasteiger partial charge in [-0.15, -0.1) is 11.3 Å². The Balaban J connectivity index is 1.17. The number of carbonyl (C=O) groups excluding carboxylic acids is 2. The zero-order valence-corrected chi connectivity index (χ0v) is 19.8. The maximum atomic E-state index is 13.4. The molecule has 0 N–H and O–H groups in total. The molecule has 2 aromatic carbocycles. The minimum absolute atomic E-state index is 0.0442. The van der Waals surface area contributed by atoms with Crippen LogP contribution in [0.3, 0.4) is 0 Å². The maximum absolute atomic E-state index is 13.4. The van der Waals surface area contributed by atoms with Crippen LogP contribution in [0.1, 0.15) is 28.1 Å². The van der Waals surface area contributed by atoms with E-state index < -0.39 is 0 Å². The molecule has 33 heavy (non-hydrogen) atoms. The van der Waals surface area contributed by atoms with Gasteiger partial charge in [0.1, 0.15) is 0 Å². The number of piperidine rings is 1. The second-order valence-corrected chi connectivity index (χ2v) is 10.1. The summed E-state index contributed by atoms with van der Waals surface area (Å²) in [5.41, 5.74) is 0.737. The third-order valence-corrected chi connectivity index (χ3v) is 7.95. The summed E-state index contributed by atoms with van der Waals surface area (Å²) in [7, 11) is 0. The molecule has 3 aromatic rings. The second kappa shape index (κ2) is 10.1. The van der Waals surface area contributed by atoms with Gasteiger partial charge in [-0.3, -0.25) is 14.5 Å². The monoisotopic (exact) mass is 461 g/mol. The third-order valence-electron chi connectivity index (χ3n) is 7.02. The highest BCUT2D eigenvalue weighted by molar-refractivity contribution is 7.09. The summed E-state index contributed by atoms with van der Waals surface area (Å²) in [6, 6.07) is 18.2. The molecule has 6 heteroatoms. The number of nitrogens with zero attached hydrogens (tertiary/aromatic N) is 3. The van der Waals surface area contributed by atoms with Gasteiger partial charge in [-0.05, 0) is 47.5 Å². The highest BCUT2D eigenvalue weighted by atomic mass is 32.1. The molecule has 5 nitrogen and oxygen atoms in total. The lowest BCUT2D eigenvalue weighted by molar-refractivity contribution is -0.138. The first-order chi connectivity index (χ1) is 16.2. The van der Waals surface area contributed by atoms with E-state index in [1.54, 1.807) is 0 Å². The molecule has 2 saturated heterocycles. The van der Waals surface area contributed by atoms with E-state index in [1.165, 1.54) is 4.88 Å². The molecule has 1 atom stereocenters. The topological polar surface area (TPSA) is 43.9 Å². The number of rotatable bonds is 5. The van der Waals surface area contributed by atoms with Crippen molar-refractivity contribution in [2.24, 2.45) is 5.92 Å². The molecular formula is C27H31N3O2S. The molecule has 2 aliphatic rings. The lowest BCUT2D eigenvalue weighted by Gasteiger charge is -2.39. The van der Waals surface area contributed by atoms with Crippen molar-refractivity contribution < 1.29 is 9.59 Å². The van der Waals surface area contributed by atoms with Crippen molar-refractivity contribution in [3.63, 3.8) is 0 Å². The van der Waals surface area contributed by atoms with Crippen LogP contribution >= 0.6 is 11.3 Å². The molecular weight excluding hydrogens is 430 g/mol. The Hall–Kier alpha value is -2.70. The molecule has 1 aromatic heterocycles. The van der Waals surface area contributed by atoms with Gasteiger partial charge in [0.05, 0.1) is 5.92 Å². The van der Waals surface area contributed by atoms with Crippen LogP contribution in [0.5, 0.6) is 0 Å². The van der Waals surface area contributed by atoms with Gasteiger partial charge in [-0.2, -0.15) is 0 Å². The molecule has 0 radical (unpaired) electrons. The number of carbonyl (C=O) groups is 2. The summed E-state index contributed by atoms with van der Waals surface area (Å²) in [4.78, 5) is 34.5. The Kier molecular flexibility index (Phi) is 6.74. The Morgan fingerprint density at radius 1 is 0.879 bits per heavy atom. The Morgan fingerprint density at radius 2 is 1.70 bits per heavy atom. The molecule has 1 unspecified atom stereocenters. The zero-order valence-electron chi connectivity index (χ0n) is 19.0. The van der Waals surface area contributed by atoms with E-state index in [0.29, 0.717) is 6.54 Å². The van der Waals surface area contributed by atoms with Crippen molar-refractivity contribution in [2.75, 3.05) is 45.8 Å². The lowest BCUT2D eigenvalue weighted by Crippen LogP contribution is -2.53. The standard InChI is InChI=1S/C27H31N3O2S/c31-26(29-17-15-28(16-18-29)14-12-23-9-5-19-33-23)22-8-4-13-30(20-22)27(32)25-11-3-7-21-6-1-2-10-24(21)25/h1-3,5-7,9-11,19,22H,4,8,12-18,20H2. The zero-order chi connectivity index (χ0) is 22.6. The van der Waals surface area contributed by atoms with Gasteiger partial charge in [-0.1, -0.05) is 42.5 Å². The number of benzene rings is 2. The summed E-state index contributed by atoms with van der Waals surface area (Å²) in [5.74, 6) is 0.182. The van der Waals surface area contributed by atoms with Crippen molar-refractivity contribution in [1.82, 2.24) is 14.7 Å². The maximum Gasteiger partial charge on any atom is 0.254 e. The fourth-order valence-corrected chi connectivity index (χ4v) is 5.82. The summed E-state index contributed by atoms with van der Waals surface area (Å²) < 4.78 is 0. The predicted molar refractivity (Wildman–Crippen MR) is 134 cm³/mol. The number of thiophene rings is 1. The van der Waals surface area contributed by atoms with Crippen LogP contribution < -0.4 is 0 Å². The quantitative estimate of drug-likeness (QED) is 0.574. The van der Waals surface area contributed by atoms with Crippen LogP contribution in [0, 0.1) is 5.92 Å². The van der Waals surface area contributed by atoms with E-state index in [-0.39, 0.29) is 17.7 Å². The Bertz CT molecular complexity index is 1100. The second-order valence-electron chi connectivity index (χ2n) is 9.11. The van der Waals surface area contributed by atoms with E-state index in [1.807, 2.05) is 63.6 Å². The van der Waals surface area contributed by atoms with E-state index in [9.17, 15) is 9.59 Å². The molecule has 5 rings (SSSR count). The molecule has 0 bridgehead atoms. The van der Waals surface area contributed by atoms with Gasteiger partial charge < -0.3 is 9.80 Å². The van der Waals surface area contributed by atoms with Gasteiger partial charge in [0, 0.05) is 56.3 Å². The van der Waals surface area contributed by atoms with E-state index in [4.69, 9.17) is 0 Å². The molecule has 2 amide bonds. The average Bonchev–Trinajstić information content (AvgIpc) is 3.40. The smallest absolute Gasteiger partial charge is 0.254 e. The Labute approximate surface area is 199 Å². The lowest BCUT2D eigenvalue weighted by atomic mass is 9.95. The molecule has 0 saturated carbocycles. The van der Waals surface area contributed by atoms with Crippen molar-refractivity contribution in [2.45, 2.75) is 19.3 Å². The van der Waals surface area contributed by atoms with E-state index in [2.05, 4.69) is 22.4 Å². The summed E-state index contributed by atoms with van der Waals surface area (Å²) in [6.07, 6.45) is 2.84. The summed E-state index contributed by atoms with van der Waals surface area (Å²) in [5, 5.41) is 4.19. The van der Waals surface area contributed by atoms with Crippen molar-refractivity contribution in [1.29, 1.82) is 0 Å². The van der Waals surface area contributed by atoms with E-state index in [0.717, 1.165) is 74.9 Å². The van der Waals surface area contributed by atoms with Gasteiger partial charge in [0.2, 0.25) is 5.91 Å². The van der Waals surface area contributed by atoms with Crippen LogP contribution in [0.2, 0.25) is 0 Å². The molecule has 172 valence electrons. The highest BCUT2D eigenvalue weighted by Crippen LogP contribution is 2.25. The number of fused-ring (bicyclic) bond motifs is 1. The van der Waals surface area contributed by atoms with Crippen molar-refractivity contribution in [3.05, 3.63) is 70.4 Å². The largest absolute Gasteiger partial charge is 0.340 e. The first-order valence-corrected chi connectivity index (χ1v) is 12.9. The van der Waals surface area contributed by atoms with Crippen LogP contribution in [0.25, 0.3) is 10.8 Å². The fraction of sp³-hybridized carbons (Fsp3) is 0.407. The SMILES string of the molecule is O=C(c1cccc2ccccc12)N1CCCC(C(=O)N2CCN(CCc3cccs3)CC2)C1. The minimum atomic E-state index is -0.0876. The van der Waals surface area contributed by atoms with Crippen LogP contribution in [-0.2, 0) is 11.2 Å².